The Labute approximate surface area is 125 Å². The van der Waals surface area contributed by atoms with Crippen molar-refractivity contribution in [3.05, 3.63) is 11.4 Å². The Balaban J connectivity index is 2.78. The van der Waals surface area contributed by atoms with E-state index in [4.69, 9.17) is 16.3 Å². The Morgan fingerprint density at radius 3 is 2.48 bits per heavy atom. The third-order valence-electron chi connectivity index (χ3n) is 2.24. The predicted octanol–water partition coefficient (Wildman–Crippen LogP) is 0.466. The van der Waals surface area contributed by atoms with Crippen molar-refractivity contribution in [2.24, 2.45) is 0 Å². The molecule has 0 aliphatic carbocycles. The van der Waals surface area contributed by atoms with Crippen molar-refractivity contribution in [1.82, 2.24) is 20.3 Å². The molecule has 21 heavy (non-hydrogen) atoms. The highest BCUT2D eigenvalue weighted by molar-refractivity contribution is 6.17. The fourth-order valence-corrected chi connectivity index (χ4v) is 1.67. The van der Waals surface area contributed by atoms with Gasteiger partial charge in [-0.1, -0.05) is 5.21 Å². The summed E-state index contributed by atoms with van der Waals surface area (Å²) in [6.07, 6.45) is -0.861. The Hall–Kier alpha value is -2.16. The van der Waals surface area contributed by atoms with Crippen molar-refractivity contribution in [2.75, 3.05) is 13.2 Å². The summed E-state index contributed by atoms with van der Waals surface area (Å²) < 4.78 is 10.5. The molecule has 0 aliphatic rings. The highest BCUT2D eigenvalue weighted by atomic mass is 35.5. The number of nitrogens with zero attached hydrogens (tertiary/aromatic N) is 3. The lowest BCUT2D eigenvalue weighted by Gasteiger charge is -2.06. The minimum atomic E-state index is -0.861. The number of ether oxygens (including phenoxy) is 2. The summed E-state index contributed by atoms with van der Waals surface area (Å²) in [6.45, 7) is 3.25. The van der Waals surface area contributed by atoms with Crippen molar-refractivity contribution in [2.45, 2.75) is 26.3 Å². The fourth-order valence-electron chi connectivity index (χ4n) is 1.41. The smallest absolute Gasteiger partial charge is 0.413 e. The van der Waals surface area contributed by atoms with E-state index in [1.54, 1.807) is 13.8 Å². The van der Waals surface area contributed by atoms with Gasteiger partial charge >= 0.3 is 12.1 Å². The number of carbonyl (C=O) groups is 3. The topological polar surface area (TPSA) is 112 Å². The van der Waals surface area contributed by atoms with Crippen LogP contribution in [0.2, 0.25) is 0 Å². The Kier molecular flexibility index (Phi) is 6.60. The summed E-state index contributed by atoms with van der Waals surface area (Å²) in [7, 11) is 0. The Bertz CT molecular complexity index is 531. The van der Waals surface area contributed by atoms with Gasteiger partial charge in [0.15, 0.2) is 5.69 Å². The van der Waals surface area contributed by atoms with Gasteiger partial charge < -0.3 is 9.47 Å². The number of rotatable bonds is 6. The number of hydrogen-bond acceptors (Lipinski definition) is 7. The quantitative estimate of drug-likeness (QED) is 0.599. The van der Waals surface area contributed by atoms with E-state index in [-0.39, 0.29) is 37.0 Å². The zero-order valence-electron chi connectivity index (χ0n) is 11.6. The first kappa shape index (κ1) is 16.9. The van der Waals surface area contributed by atoms with Gasteiger partial charge in [-0.25, -0.2) is 14.3 Å². The molecule has 2 amide bonds. The van der Waals surface area contributed by atoms with E-state index in [1.165, 1.54) is 0 Å². The van der Waals surface area contributed by atoms with E-state index in [0.29, 0.717) is 0 Å². The van der Waals surface area contributed by atoms with Crippen LogP contribution in [0.4, 0.5) is 4.79 Å². The largest absolute Gasteiger partial charge is 0.461 e. The van der Waals surface area contributed by atoms with Gasteiger partial charge in [-0.15, -0.1) is 16.7 Å². The number of nitrogens with one attached hydrogen (secondary N) is 1. The first-order chi connectivity index (χ1) is 10.0. The minimum absolute atomic E-state index is 0.0595. The second kappa shape index (κ2) is 8.20. The minimum Gasteiger partial charge on any atom is -0.461 e. The lowest BCUT2D eigenvalue weighted by molar-refractivity contribution is -0.121. The molecule has 1 aromatic rings. The van der Waals surface area contributed by atoms with Gasteiger partial charge in [-0.05, 0) is 13.8 Å². The monoisotopic (exact) mass is 318 g/mol. The number of imide groups is 1. The molecular weight excluding hydrogens is 304 g/mol. The second-order valence-electron chi connectivity index (χ2n) is 3.67. The number of halogens is 1. The van der Waals surface area contributed by atoms with Gasteiger partial charge in [-0.2, -0.15) is 0 Å². The average molecular weight is 319 g/mol. The van der Waals surface area contributed by atoms with Crippen LogP contribution in [0.5, 0.6) is 0 Å². The number of hydrogen-bond donors (Lipinski definition) is 1. The zero-order valence-corrected chi connectivity index (χ0v) is 12.3. The highest BCUT2D eigenvalue weighted by Crippen LogP contribution is 2.10. The fraction of sp³-hybridized carbons (Fsp3) is 0.545. The molecule has 1 rings (SSSR count). The lowest BCUT2D eigenvalue weighted by atomic mass is 10.3. The van der Waals surface area contributed by atoms with E-state index in [0.717, 1.165) is 4.68 Å². The summed E-state index contributed by atoms with van der Waals surface area (Å²) in [5, 5.41) is 9.28. The van der Waals surface area contributed by atoms with E-state index >= 15 is 0 Å². The number of amides is 2. The molecule has 0 atom stereocenters. The molecule has 0 aromatic carbocycles. The van der Waals surface area contributed by atoms with Crippen molar-refractivity contribution in [1.29, 1.82) is 0 Å². The molecule has 10 heteroatoms. The number of carbonyl (C=O) groups excluding carboxylic acids is 3. The summed E-state index contributed by atoms with van der Waals surface area (Å²) in [4.78, 5) is 34.3. The number of alkyl carbamates (subject to hydrolysis) is 1. The predicted molar refractivity (Wildman–Crippen MR) is 70.7 cm³/mol. The molecular formula is C11H15ClN4O5. The molecule has 1 N–H and O–H groups in total. The summed E-state index contributed by atoms with van der Waals surface area (Å²) in [6, 6.07) is 0. The third kappa shape index (κ3) is 4.71. The third-order valence-corrected chi connectivity index (χ3v) is 2.50. The first-order valence-electron chi connectivity index (χ1n) is 6.15. The molecule has 0 radical (unpaired) electrons. The first-order valence-corrected chi connectivity index (χ1v) is 6.68. The maximum atomic E-state index is 11.6. The van der Waals surface area contributed by atoms with Crippen LogP contribution in [0.3, 0.4) is 0 Å². The molecule has 0 saturated carbocycles. The summed E-state index contributed by atoms with van der Waals surface area (Å²) >= 11 is 5.73. The van der Waals surface area contributed by atoms with Gasteiger partial charge in [0.05, 0.1) is 24.8 Å². The molecule has 1 aromatic heterocycles. The maximum Gasteiger partial charge on any atom is 0.413 e. The van der Waals surface area contributed by atoms with Crippen LogP contribution in [0.15, 0.2) is 0 Å². The standard InChI is InChI=1S/C11H15ClN4O5/c1-3-20-10(18)9-7(5-12)16(15-14-9)6-8(17)13-11(19)21-4-2/h3-6H2,1-2H3,(H,13,17,19). The molecule has 0 spiro atoms. The number of esters is 1. The van der Waals surface area contributed by atoms with E-state index < -0.39 is 18.0 Å². The average Bonchev–Trinajstić information content (AvgIpc) is 2.81. The summed E-state index contributed by atoms with van der Waals surface area (Å²) in [5.74, 6) is -1.43. The van der Waals surface area contributed by atoms with Crippen molar-refractivity contribution in [3.63, 3.8) is 0 Å². The van der Waals surface area contributed by atoms with Gasteiger partial charge in [0, 0.05) is 0 Å². The van der Waals surface area contributed by atoms with E-state index in [1.807, 2.05) is 5.32 Å². The Morgan fingerprint density at radius 2 is 1.90 bits per heavy atom. The molecule has 0 unspecified atom stereocenters. The van der Waals surface area contributed by atoms with E-state index in [9.17, 15) is 14.4 Å². The molecule has 1 heterocycles. The normalized spacial score (nSPS) is 10.0. The van der Waals surface area contributed by atoms with Crippen LogP contribution >= 0.6 is 11.6 Å². The maximum absolute atomic E-state index is 11.6. The van der Waals surface area contributed by atoms with Gasteiger partial charge in [0.25, 0.3) is 5.91 Å². The van der Waals surface area contributed by atoms with Gasteiger partial charge in [-0.3, -0.25) is 10.1 Å². The van der Waals surface area contributed by atoms with Crippen molar-refractivity contribution in [3.8, 4) is 0 Å². The zero-order chi connectivity index (χ0) is 15.8. The van der Waals surface area contributed by atoms with Crippen LogP contribution < -0.4 is 5.32 Å². The SMILES string of the molecule is CCOC(=O)NC(=O)Cn1nnc(C(=O)OCC)c1CCl. The van der Waals surface area contributed by atoms with Crippen LogP contribution in [-0.4, -0.2) is 46.2 Å². The van der Waals surface area contributed by atoms with Crippen molar-refractivity contribution < 1.29 is 23.9 Å². The van der Waals surface area contributed by atoms with Crippen LogP contribution in [0.25, 0.3) is 0 Å². The Morgan fingerprint density at radius 1 is 1.24 bits per heavy atom. The summed E-state index contributed by atoms with van der Waals surface area (Å²) in [5.41, 5.74) is 0.171. The van der Waals surface area contributed by atoms with Crippen molar-refractivity contribution >= 4 is 29.6 Å². The molecule has 0 aliphatic heterocycles. The highest BCUT2D eigenvalue weighted by Gasteiger charge is 2.21. The molecule has 9 nitrogen and oxygen atoms in total. The molecule has 0 fully saturated rings. The van der Waals surface area contributed by atoms with E-state index in [2.05, 4.69) is 15.0 Å². The number of aromatic nitrogens is 3. The van der Waals surface area contributed by atoms with Gasteiger partial charge in [0.1, 0.15) is 6.54 Å². The van der Waals surface area contributed by atoms with Crippen LogP contribution in [0, 0.1) is 0 Å². The lowest BCUT2D eigenvalue weighted by Crippen LogP contribution is -2.34. The van der Waals surface area contributed by atoms with Crippen LogP contribution in [0.1, 0.15) is 30.0 Å². The van der Waals surface area contributed by atoms with Gasteiger partial charge in [0.2, 0.25) is 0 Å². The molecule has 116 valence electrons. The molecule has 0 saturated heterocycles. The second-order valence-corrected chi connectivity index (χ2v) is 3.93. The van der Waals surface area contributed by atoms with Crippen LogP contribution in [-0.2, 0) is 26.7 Å². The molecule has 0 bridgehead atoms. The number of alkyl halides is 1.